The molecular formula is C28H31N. The van der Waals surface area contributed by atoms with Gasteiger partial charge in [0.05, 0.1) is 0 Å². The van der Waals surface area contributed by atoms with Crippen molar-refractivity contribution in [2.24, 2.45) is 0 Å². The summed E-state index contributed by atoms with van der Waals surface area (Å²) in [6.45, 7) is 6.71. The minimum Gasteiger partial charge on any atom is -0.372 e. The number of hydrogen-bond donors (Lipinski definition) is 0. The molecule has 0 bridgehead atoms. The maximum absolute atomic E-state index is 2.47. The molecule has 3 aromatic rings. The summed E-state index contributed by atoms with van der Waals surface area (Å²) in [5.41, 5.74) is 6.23. The van der Waals surface area contributed by atoms with Gasteiger partial charge in [-0.05, 0) is 47.2 Å². The Morgan fingerprint density at radius 1 is 0.690 bits per heavy atom. The first-order chi connectivity index (χ1) is 14.3. The Bertz CT molecular complexity index is 858. The van der Waals surface area contributed by atoms with Crippen molar-refractivity contribution in [3.8, 4) is 0 Å². The van der Waals surface area contributed by atoms with Gasteiger partial charge >= 0.3 is 0 Å². The lowest BCUT2D eigenvalue weighted by atomic mass is 9.97. The van der Waals surface area contributed by atoms with Crippen LogP contribution in [-0.2, 0) is 0 Å². The van der Waals surface area contributed by atoms with Gasteiger partial charge in [-0.15, -0.1) is 0 Å². The second-order valence-electron chi connectivity index (χ2n) is 7.25. The Kier molecular flexibility index (Phi) is 7.89. The van der Waals surface area contributed by atoms with E-state index in [9.17, 15) is 0 Å². The summed E-state index contributed by atoms with van der Waals surface area (Å²) < 4.78 is 0. The maximum Gasteiger partial charge on any atom is 0.0366 e. The fraction of sp³-hybridized carbons (Fsp3) is 0.214. The highest BCUT2D eigenvalue weighted by Crippen LogP contribution is 2.23. The van der Waals surface area contributed by atoms with Gasteiger partial charge in [0.25, 0.3) is 0 Å². The predicted molar refractivity (Wildman–Crippen MR) is 128 cm³/mol. The average molecular weight is 382 g/mol. The van der Waals surface area contributed by atoms with Gasteiger partial charge in [-0.25, -0.2) is 0 Å². The van der Waals surface area contributed by atoms with E-state index in [1.807, 2.05) is 0 Å². The molecule has 0 aliphatic heterocycles. The summed E-state index contributed by atoms with van der Waals surface area (Å²) in [6, 6.07) is 30.0. The number of benzene rings is 3. The van der Waals surface area contributed by atoms with Gasteiger partial charge in [-0.1, -0.05) is 105 Å². The molecule has 0 spiro atoms. The third kappa shape index (κ3) is 5.96. The van der Waals surface area contributed by atoms with Crippen molar-refractivity contribution in [2.75, 3.05) is 18.0 Å². The molecule has 1 heteroatoms. The summed E-state index contributed by atoms with van der Waals surface area (Å²) in [6.07, 6.45) is 8.89. The zero-order valence-corrected chi connectivity index (χ0v) is 17.6. The topological polar surface area (TPSA) is 3.24 Å². The molecule has 0 N–H and O–H groups in total. The number of nitrogens with zero attached hydrogens (tertiary/aromatic N) is 1. The smallest absolute Gasteiger partial charge is 0.0366 e. The zero-order valence-electron chi connectivity index (χ0n) is 17.6. The molecule has 148 valence electrons. The minimum absolute atomic E-state index is 1.11. The molecule has 0 amide bonds. The van der Waals surface area contributed by atoms with Crippen LogP contribution in [0.4, 0.5) is 5.69 Å². The Hall–Kier alpha value is -3.06. The van der Waals surface area contributed by atoms with Crippen LogP contribution in [0.25, 0.3) is 11.6 Å². The van der Waals surface area contributed by atoms with Crippen molar-refractivity contribution in [1.82, 2.24) is 0 Å². The standard InChI is InChI=1S/C28H31N/c1-3-22-29(23-4-2)27-20-18-24(19-21-27)12-11-17-28(25-13-7-5-8-14-25)26-15-9-6-10-16-26/h5-21H,3-4,22-23H2,1-2H3. The molecule has 1 nitrogen and oxygen atoms in total. The van der Waals surface area contributed by atoms with Crippen LogP contribution < -0.4 is 4.90 Å². The summed E-state index contributed by atoms with van der Waals surface area (Å²) in [7, 11) is 0. The first-order valence-corrected chi connectivity index (χ1v) is 10.7. The zero-order chi connectivity index (χ0) is 20.3. The number of anilines is 1. The third-order valence-corrected chi connectivity index (χ3v) is 4.97. The molecule has 0 aliphatic carbocycles. The van der Waals surface area contributed by atoms with Gasteiger partial charge in [0.1, 0.15) is 0 Å². The number of rotatable bonds is 9. The molecule has 29 heavy (non-hydrogen) atoms. The Labute approximate surface area is 176 Å². The van der Waals surface area contributed by atoms with Gasteiger partial charge < -0.3 is 4.90 Å². The molecule has 0 saturated heterocycles. The van der Waals surface area contributed by atoms with Crippen LogP contribution in [0, 0.1) is 0 Å². The summed E-state index contributed by atoms with van der Waals surface area (Å²) >= 11 is 0. The quantitative estimate of drug-likeness (QED) is 0.348. The van der Waals surface area contributed by atoms with Crippen LogP contribution in [0.15, 0.2) is 97.1 Å². The highest BCUT2D eigenvalue weighted by atomic mass is 15.1. The number of allylic oxidation sites excluding steroid dienone is 2. The van der Waals surface area contributed by atoms with E-state index in [0.29, 0.717) is 0 Å². The van der Waals surface area contributed by atoms with E-state index in [-0.39, 0.29) is 0 Å². The molecule has 0 aromatic heterocycles. The first kappa shape index (κ1) is 20.7. The fourth-order valence-corrected chi connectivity index (χ4v) is 3.56. The highest BCUT2D eigenvalue weighted by Gasteiger charge is 2.04. The SMILES string of the molecule is CCCN(CCC)c1ccc(C=CC=C(c2ccccc2)c2ccccc2)cc1. The molecule has 0 fully saturated rings. The molecular weight excluding hydrogens is 350 g/mol. The van der Waals surface area contributed by atoms with E-state index >= 15 is 0 Å². The van der Waals surface area contributed by atoms with E-state index < -0.39 is 0 Å². The minimum atomic E-state index is 1.11. The molecule has 3 rings (SSSR count). The van der Waals surface area contributed by atoms with E-state index in [1.54, 1.807) is 0 Å². The largest absolute Gasteiger partial charge is 0.372 e. The monoisotopic (exact) mass is 381 g/mol. The van der Waals surface area contributed by atoms with Crippen molar-refractivity contribution < 1.29 is 0 Å². The van der Waals surface area contributed by atoms with Crippen LogP contribution >= 0.6 is 0 Å². The molecule has 0 atom stereocenters. The van der Waals surface area contributed by atoms with Crippen LogP contribution in [0.1, 0.15) is 43.4 Å². The Morgan fingerprint density at radius 2 is 1.21 bits per heavy atom. The van der Waals surface area contributed by atoms with Crippen LogP contribution in [0.5, 0.6) is 0 Å². The van der Waals surface area contributed by atoms with Crippen molar-refractivity contribution >= 4 is 17.3 Å². The third-order valence-electron chi connectivity index (χ3n) is 4.97. The van der Waals surface area contributed by atoms with E-state index in [2.05, 4.69) is 122 Å². The van der Waals surface area contributed by atoms with Gasteiger partial charge in [0.15, 0.2) is 0 Å². The molecule has 0 radical (unpaired) electrons. The molecule has 0 aliphatic rings. The molecule has 3 aromatic carbocycles. The van der Waals surface area contributed by atoms with Gasteiger partial charge in [-0.3, -0.25) is 0 Å². The van der Waals surface area contributed by atoms with Crippen molar-refractivity contribution in [1.29, 1.82) is 0 Å². The van der Waals surface area contributed by atoms with Crippen molar-refractivity contribution in [3.05, 3.63) is 114 Å². The Balaban J connectivity index is 1.80. The number of hydrogen-bond acceptors (Lipinski definition) is 1. The molecule has 0 saturated carbocycles. The van der Waals surface area contributed by atoms with Crippen LogP contribution in [0.3, 0.4) is 0 Å². The van der Waals surface area contributed by atoms with Crippen LogP contribution in [-0.4, -0.2) is 13.1 Å². The highest BCUT2D eigenvalue weighted by molar-refractivity contribution is 5.81. The van der Waals surface area contributed by atoms with Crippen molar-refractivity contribution in [2.45, 2.75) is 26.7 Å². The average Bonchev–Trinajstić information content (AvgIpc) is 2.78. The molecule has 0 unspecified atom stereocenters. The fourth-order valence-electron chi connectivity index (χ4n) is 3.56. The van der Waals surface area contributed by atoms with E-state index in [1.165, 1.54) is 40.8 Å². The summed E-state index contributed by atoms with van der Waals surface area (Å²) in [5.74, 6) is 0. The van der Waals surface area contributed by atoms with E-state index in [4.69, 9.17) is 0 Å². The lowest BCUT2D eigenvalue weighted by molar-refractivity contribution is 0.745. The van der Waals surface area contributed by atoms with Gasteiger partial charge in [0, 0.05) is 18.8 Å². The normalized spacial score (nSPS) is 10.8. The van der Waals surface area contributed by atoms with E-state index in [0.717, 1.165) is 13.1 Å². The van der Waals surface area contributed by atoms with Crippen molar-refractivity contribution in [3.63, 3.8) is 0 Å². The molecule has 0 heterocycles. The van der Waals surface area contributed by atoms with Crippen LogP contribution in [0.2, 0.25) is 0 Å². The maximum atomic E-state index is 2.47. The lowest BCUT2D eigenvalue weighted by Gasteiger charge is -2.23. The van der Waals surface area contributed by atoms with Gasteiger partial charge in [0.2, 0.25) is 0 Å². The summed E-state index contributed by atoms with van der Waals surface area (Å²) in [4.78, 5) is 2.47. The lowest BCUT2D eigenvalue weighted by Crippen LogP contribution is -2.24. The Morgan fingerprint density at radius 3 is 1.69 bits per heavy atom. The second-order valence-corrected chi connectivity index (χ2v) is 7.25. The first-order valence-electron chi connectivity index (χ1n) is 10.7. The van der Waals surface area contributed by atoms with Gasteiger partial charge in [-0.2, -0.15) is 0 Å². The second kappa shape index (κ2) is 11.1. The predicted octanol–water partition coefficient (Wildman–Crippen LogP) is 7.46. The summed E-state index contributed by atoms with van der Waals surface area (Å²) in [5, 5.41) is 0.